The van der Waals surface area contributed by atoms with Gasteiger partial charge in [-0.15, -0.1) is 0 Å². The molecular formula is C21H21N. The Morgan fingerprint density at radius 2 is 1.59 bits per heavy atom. The number of hydrogen-bond donors (Lipinski definition) is 1. The van der Waals surface area contributed by atoms with Crippen molar-refractivity contribution >= 4 is 16.8 Å². The molecule has 0 spiro atoms. The quantitative estimate of drug-likeness (QED) is 0.679. The van der Waals surface area contributed by atoms with Gasteiger partial charge >= 0.3 is 0 Å². The van der Waals surface area contributed by atoms with Crippen molar-refractivity contribution in [2.45, 2.75) is 13.0 Å². The molecule has 0 amide bonds. The van der Waals surface area contributed by atoms with E-state index in [9.17, 15) is 0 Å². The minimum Gasteiger partial charge on any atom is -0.307 e. The summed E-state index contributed by atoms with van der Waals surface area (Å²) in [6, 6.07) is 25.9. The van der Waals surface area contributed by atoms with Crippen LogP contribution < -0.4 is 5.32 Å². The van der Waals surface area contributed by atoms with Crippen LogP contribution in [-0.4, -0.2) is 6.54 Å². The molecule has 0 saturated heterocycles. The summed E-state index contributed by atoms with van der Waals surface area (Å²) in [5, 5.41) is 6.14. The average Bonchev–Trinajstić information content (AvgIpc) is 2.59. The minimum atomic E-state index is 0.338. The SMILES string of the molecule is CC(NC/C=C/c1ccccc1)c1ccc2ccccc2c1. The second-order valence-corrected chi connectivity index (χ2v) is 5.55. The standard InChI is InChI=1S/C21H21N/c1-17(22-15-7-10-18-8-3-2-4-9-18)20-14-13-19-11-5-6-12-21(19)16-20/h2-14,16-17,22H,15H2,1H3/b10-7+. The molecule has 0 aliphatic carbocycles. The summed E-state index contributed by atoms with van der Waals surface area (Å²) in [5.74, 6) is 0. The summed E-state index contributed by atoms with van der Waals surface area (Å²) in [4.78, 5) is 0. The van der Waals surface area contributed by atoms with E-state index in [1.54, 1.807) is 0 Å². The minimum absolute atomic E-state index is 0.338. The Hall–Kier alpha value is -2.38. The molecule has 1 unspecified atom stereocenters. The molecule has 1 heteroatoms. The normalized spacial score (nSPS) is 12.8. The maximum atomic E-state index is 3.55. The summed E-state index contributed by atoms with van der Waals surface area (Å²) in [7, 11) is 0. The Labute approximate surface area is 132 Å². The Morgan fingerprint density at radius 3 is 2.41 bits per heavy atom. The fourth-order valence-electron chi connectivity index (χ4n) is 2.60. The topological polar surface area (TPSA) is 12.0 Å². The van der Waals surface area contributed by atoms with Gasteiger partial charge in [-0.2, -0.15) is 0 Å². The summed E-state index contributed by atoms with van der Waals surface area (Å²) < 4.78 is 0. The second-order valence-electron chi connectivity index (χ2n) is 5.55. The average molecular weight is 287 g/mol. The zero-order valence-corrected chi connectivity index (χ0v) is 12.9. The predicted molar refractivity (Wildman–Crippen MR) is 95.8 cm³/mol. The fraction of sp³-hybridized carbons (Fsp3) is 0.143. The first-order valence-electron chi connectivity index (χ1n) is 7.76. The number of fused-ring (bicyclic) bond motifs is 1. The van der Waals surface area contributed by atoms with Gasteiger partial charge in [0.1, 0.15) is 0 Å². The van der Waals surface area contributed by atoms with E-state index in [-0.39, 0.29) is 0 Å². The first-order valence-corrected chi connectivity index (χ1v) is 7.76. The number of rotatable bonds is 5. The van der Waals surface area contributed by atoms with Gasteiger partial charge < -0.3 is 5.32 Å². The second kappa shape index (κ2) is 7.06. The molecule has 1 N–H and O–H groups in total. The van der Waals surface area contributed by atoms with Crippen LogP contribution >= 0.6 is 0 Å². The molecule has 0 aliphatic heterocycles. The van der Waals surface area contributed by atoms with Gasteiger partial charge in [0.15, 0.2) is 0 Å². The van der Waals surface area contributed by atoms with Crippen LogP contribution in [0, 0.1) is 0 Å². The molecule has 110 valence electrons. The summed E-state index contributed by atoms with van der Waals surface area (Å²) >= 11 is 0. The summed E-state index contributed by atoms with van der Waals surface area (Å²) in [5.41, 5.74) is 2.56. The largest absolute Gasteiger partial charge is 0.307 e. The van der Waals surface area contributed by atoms with Crippen molar-refractivity contribution in [3.05, 3.63) is 90.0 Å². The molecule has 3 aromatic carbocycles. The van der Waals surface area contributed by atoms with E-state index in [4.69, 9.17) is 0 Å². The van der Waals surface area contributed by atoms with Crippen molar-refractivity contribution in [1.29, 1.82) is 0 Å². The van der Waals surface area contributed by atoms with E-state index in [2.05, 4.69) is 91.1 Å². The first kappa shape index (κ1) is 14.6. The van der Waals surface area contributed by atoms with Gasteiger partial charge in [-0.25, -0.2) is 0 Å². The zero-order valence-electron chi connectivity index (χ0n) is 12.9. The van der Waals surface area contributed by atoms with E-state index in [1.165, 1.54) is 21.9 Å². The van der Waals surface area contributed by atoms with Crippen molar-refractivity contribution in [1.82, 2.24) is 5.32 Å². The van der Waals surface area contributed by atoms with Crippen LogP contribution in [-0.2, 0) is 0 Å². The van der Waals surface area contributed by atoms with E-state index >= 15 is 0 Å². The zero-order chi connectivity index (χ0) is 15.2. The predicted octanol–water partition coefficient (Wildman–Crippen LogP) is 5.20. The molecule has 1 atom stereocenters. The molecule has 1 nitrogen and oxygen atoms in total. The third-order valence-electron chi connectivity index (χ3n) is 3.93. The van der Waals surface area contributed by atoms with Gasteiger partial charge in [-0.1, -0.05) is 78.9 Å². The molecule has 22 heavy (non-hydrogen) atoms. The molecule has 0 aliphatic rings. The molecular weight excluding hydrogens is 266 g/mol. The van der Waals surface area contributed by atoms with Crippen LogP contribution in [0.4, 0.5) is 0 Å². The molecule has 0 fully saturated rings. The lowest BCUT2D eigenvalue weighted by molar-refractivity contribution is 0.619. The molecule has 0 aromatic heterocycles. The highest BCUT2D eigenvalue weighted by Gasteiger charge is 2.04. The van der Waals surface area contributed by atoms with Crippen LogP contribution in [0.15, 0.2) is 78.9 Å². The lowest BCUT2D eigenvalue weighted by Gasteiger charge is -2.13. The molecule has 0 bridgehead atoms. The smallest absolute Gasteiger partial charge is 0.0294 e. The van der Waals surface area contributed by atoms with Gasteiger partial charge in [-0.3, -0.25) is 0 Å². The maximum absolute atomic E-state index is 3.55. The van der Waals surface area contributed by atoms with Crippen molar-refractivity contribution in [2.75, 3.05) is 6.54 Å². The van der Waals surface area contributed by atoms with E-state index < -0.39 is 0 Å². The molecule has 0 saturated carbocycles. The first-order chi connectivity index (χ1) is 10.8. The van der Waals surface area contributed by atoms with Gasteiger partial charge in [0.2, 0.25) is 0 Å². The lowest BCUT2D eigenvalue weighted by Crippen LogP contribution is -2.18. The van der Waals surface area contributed by atoms with E-state index in [0.29, 0.717) is 6.04 Å². The van der Waals surface area contributed by atoms with E-state index in [1.807, 2.05) is 6.07 Å². The molecule has 0 heterocycles. The Kier molecular flexibility index (Phi) is 4.67. The van der Waals surface area contributed by atoms with Gasteiger partial charge in [0.05, 0.1) is 0 Å². The van der Waals surface area contributed by atoms with Crippen molar-refractivity contribution in [2.24, 2.45) is 0 Å². The van der Waals surface area contributed by atoms with Crippen LogP contribution in [0.3, 0.4) is 0 Å². The van der Waals surface area contributed by atoms with Crippen LogP contribution in [0.25, 0.3) is 16.8 Å². The highest BCUT2D eigenvalue weighted by Crippen LogP contribution is 2.20. The third kappa shape index (κ3) is 3.63. The number of nitrogens with one attached hydrogen (secondary N) is 1. The Bertz CT molecular complexity index is 759. The van der Waals surface area contributed by atoms with Crippen molar-refractivity contribution in [3.63, 3.8) is 0 Å². The fourth-order valence-corrected chi connectivity index (χ4v) is 2.60. The number of hydrogen-bond acceptors (Lipinski definition) is 1. The van der Waals surface area contributed by atoms with Gasteiger partial charge in [0, 0.05) is 12.6 Å². The lowest BCUT2D eigenvalue weighted by atomic mass is 10.0. The Morgan fingerprint density at radius 1 is 0.864 bits per heavy atom. The third-order valence-corrected chi connectivity index (χ3v) is 3.93. The van der Waals surface area contributed by atoms with Gasteiger partial charge in [-0.05, 0) is 34.9 Å². The number of benzene rings is 3. The summed E-state index contributed by atoms with van der Waals surface area (Å²) in [6.07, 6.45) is 4.33. The summed E-state index contributed by atoms with van der Waals surface area (Å²) in [6.45, 7) is 3.07. The molecule has 3 rings (SSSR count). The van der Waals surface area contributed by atoms with Crippen LogP contribution in [0.2, 0.25) is 0 Å². The maximum Gasteiger partial charge on any atom is 0.0294 e. The van der Waals surface area contributed by atoms with Crippen LogP contribution in [0.5, 0.6) is 0 Å². The van der Waals surface area contributed by atoms with E-state index in [0.717, 1.165) is 6.54 Å². The van der Waals surface area contributed by atoms with Gasteiger partial charge in [0.25, 0.3) is 0 Å². The van der Waals surface area contributed by atoms with Crippen LogP contribution in [0.1, 0.15) is 24.1 Å². The molecule has 0 radical (unpaired) electrons. The van der Waals surface area contributed by atoms with Crippen molar-refractivity contribution < 1.29 is 0 Å². The van der Waals surface area contributed by atoms with Crippen molar-refractivity contribution in [3.8, 4) is 0 Å². The Balaban J connectivity index is 1.61. The molecule has 3 aromatic rings. The highest BCUT2D eigenvalue weighted by atomic mass is 14.9. The highest BCUT2D eigenvalue weighted by molar-refractivity contribution is 5.83. The monoisotopic (exact) mass is 287 g/mol.